The van der Waals surface area contributed by atoms with Crippen molar-refractivity contribution in [1.29, 1.82) is 0 Å². The molecule has 0 spiro atoms. The normalized spacial score (nSPS) is 10.7. The van der Waals surface area contributed by atoms with Crippen molar-refractivity contribution in [2.45, 2.75) is 32.6 Å². The number of benzene rings is 2. The second-order valence-electron chi connectivity index (χ2n) is 6.73. The fraction of sp³-hybridized carbons (Fsp3) is 0.250. The highest BCUT2D eigenvalue weighted by atomic mass is 32.1. The monoisotopic (exact) mass is 408 g/mol. The molecule has 5 heteroatoms. The van der Waals surface area contributed by atoms with Gasteiger partial charge in [-0.3, -0.25) is 4.79 Å². The van der Waals surface area contributed by atoms with Crippen LogP contribution in [0.1, 0.15) is 31.7 Å². The molecule has 0 radical (unpaired) electrons. The van der Waals surface area contributed by atoms with Crippen LogP contribution in [0, 0.1) is 0 Å². The summed E-state index contributed by atoms with van der Waals surface area (Å²) in [4.78, 5) is 23.7. The van der Waals surface area contributed by atoms with E-state index in [9.17, 15) is 9.59 Å². The first-order valence-electron chi connectivity index (χ1n) is 9.70. The van der Waals surface area contributed by atoms with Gasteiger partial charge in [0.15, 0.2) is 0 Å². The average Bonchev–Trinajstić information content (AvgIpc) is 2.74. The van der Waals surface area contributed by atoms with E-state index >= 15 is 0 Å². The van der Waals surface area contributed by atoms with Gasteiger partial charge in [0.1, 0.15) is 5.75 Å². The van der Waals surface area contributed by atoms with E-state index in [1.807, 2.05) is 24.3 Å². The van der Waals surface area contributed by atoms with Gasteiger partial charge in [-0.05, 0) is 53.6 Å². The first-order chi connectivity index (χ1) is 14.1. The molecule has 2 aromatic carbocycles. The van der Waals surface area contributed by atoms with Crippen LogP contribution in [0.4, 0.5) is 0 Å². The zero-order valence-corrected chi connectivity index (χ0v) is 17.3. The summed E-state index contributed by atoms with van der Waals surface area (Å²) in [6, 6.07) is 15.7. The summed E-state index contributed by atoms with van der Waals surface area (Å²) in [7, 11) is 0. The lowest BCUT2D eigenvalue weighted by Gasteiger charge is -2.08. The van der Waals surface area contributed by atoms with Crippen molar-refractivity contribution in [3.05, 3.63) is 76.3 Å². The van der Waals surface area contributed by atoms with E-state index in [-0.39, 0.29) is 11.5 Å². The minimum atomic E-state index is -0.545. The fourth-order valence-corrected chi connectivity index (χ4v) is 3.93. The Hall–Kier alpha value is -2.92. The van der Waals surface area contributed by atoms with Crippen LogP contribution in [0.25, 0.3) is 21.2 Å². The Balaban J connectivity index is 1.77. The van der Waals surface area contributed by atoms with Crippen LogP contribution in [0.5, 0.6) is 5.75 Å². The third kappa shape index (κ3) is 5.55. The first kappa shape index (κ1) is 20.8. The molecule has 150 valence electrons. The predicted molar refractivity (Wildman–Crippen MR) is 119 cm³/mol. The molecule has 4 nitrogen and oxygen atoms in total. The van der Waals surface area contributed by atoms with E-state index in [1.165, 1.54) is 36.2 Å². The number of unbranched alkanes of at least 4 members (excludes halogenated alkanes) is 2. The molecule has 0 aliphatic rings. The van der Waals surface area contributed by atoms with E-state index in [0.29, 0.717) is 11.3 Å². The molecule has 29 heavy (non-hydrogen) atoms. The second kappa shape index (κ2) is 10.0. The van der Waals surface area contributed by atoms with Gasteiger partial charge in [0.2, 0.25) is 11.5 Å². The lowest BCUT2D eigenvalue weighted by Crippen LogP contribution is -2.07. The molecule has 0 aliphatic heterocycles. The topological polar surface area (TPSA) is 52.6 Å². The second-order valence-corrected chi connectivity index (χ2v) is 7.75. The summed E-state index contributed by atoms with van der Waals surface area (Å²) in [5.74, 6) is -0.00864. The standard InChI is InChI=1S/C24H24O4S/c1-3-5-6-7-17-8-10-18(11-9-17)21-14-19-12-13-20(15-22(19)29-24(21)26)27-16-28-23(25)4-2/h4,8-15H,2-3,5-7,16H2,1H3. The van der Waals surface area contributed by atoms with Gasteiger partial charge < -0.3 is 9.47 Å². The molecular formula is C24H24O4S. The van der Waals surface area contributed by atoms with Crippen LogP contribution in [-0.2, 0) is 16.0 Å². The van der Waals surface area contributed by atoms with Crippen molar-refractivity contribution in [3.8, 4) is 16.9 Å². The number of hydrogen-bond acceptors (Lipinski definition) is 5. The summed E-state index contributed by atoms with van der Waals surface area (Å²) in [5, 5.41) is 0.965. The minimum Gasteiger partial charge on any atom is -0.457 e. The third-order valence-electron chi connectivity index (χ3n) is 4.63. The number of fused-ring (bicyclic) bond motifs is 1. The highest BCUT2D eigenvalue weighted by molar-refractivity contribution is 7.16. The van der Waals surface area contributed by atoms with Gasteiger partial charge in [-0.2, -0.15) is 0 Å². The van der Waals surface area contributed by atoms with Crippen molar-refractivity contribution < 1.29 is 14.3 Å². The molecule has 0 saturated heterocycles. The predicted octanol–water partition coefficient (Wildman–Crippen LogP) is 5.73. The Morgan fingerprint density at radius 3 is 2.62 bits per heavy atom. The highest BCUT2D eigenvalue weighted by Crippen LogP contribution is 2.27. The molecule has 0 amide bonds. The Morgan fingerprint density at radius 2 is 1.90 bits per heavy atom. The molecule has 0 N–H and O–H groups in total. The number of carbonyl (C=O) groups is 1. The molecule has 3 rings (SSSR count). The number of rotatable bonds is 9. The maximum Gasteiger partial charge on any atom is 0.333 e. The number of esters is 1. The number of aryl methyl sites for hydroxylation is 1. The third-order valence-corrected chi connectivity index (χ3v) is 5.61. The van der Waals surface area contributed by atoms with Crippen molar-refractivity contribution in [3.63, 3.8) is 0 Å². The van der Waals surface area contributed by atoms with Gasteiger partial charge in [0.05, 0.1) is 0 Å². The van der Waals surface area contributed by atoms with Crippen LogP contribution in [0.2, 0.25) is 0 Å². The summed E-state index contributed by atoms with van der Waals surface area (Å²) in [5.41, 5.74) is 2.94. The van der Waals surface area contributed by atoms with E-state index in [0.717, 1.165) is 28.1 Å². The number of ether oxygens (including phenoxy) is 2. The molecular weight excluding hydrogens is 384 g/mol. The summed E-state index contributed by atoms with van der Waals surface area (Å²) < 4.78 is 11.0. The zero-order valence-electron chi connectivity index (χ0n) is 16.5. The van der Waals surface area contributed by atoms with Gasteiger partial charge in [-0.15, -0.1) is 0 Å². The molecule has 1 heterocycles. The fourth-order valence-electron chi connectivity index (χ4n) is 3.03. The highest BCUT2D eigenvalue weighted by Gasteiger charge is 2.08. The number of hydrogen-bond donors (Lipinski definition) is 0. The largest absolute Gasteiger partial charge is 0.457 e. The summed E-state index contributed by atoms with van der Waals surface area (Å²) >= 11 is 1.18. The Bertz CT molecular complexity index is 1050. The Morgan fingerprint density at radius 1 is 1.10 bits per heavy atom. The quantitative estimate of drug-likeness (QED) is 0.196. The molecule has 0 unspecified atom stereocenters. The molecule has 1 aromatic heterocycles. The zero-order chi connectivity index (χ0) is 20.6. The van der Waals surface area contributed by atoms with E-state index in [4.69, 9.17) is 9.47 Å². The van der Waals surface area contributed by atoms with E-state index in [1.54, 1.807) is 12.1 Å². The maximum absolute atomic E-state index is 12.7. The van der Waals surface area contributed by atoms with Crippen LogP contribution < -0.4 is 9.48 Å². The van der Waals surface area contributed by atoms with Gasteiger partial charge in [-0.1, -0.05) is 61.9 Å². The lowest BCUT2D eigenvalue weighted by atomic mass is 10.0. The molecule has 0 atom stereocenters. The molecule has 0 bridgehead atoms. The van der Waals surface area contributed by atoms with Crippen molar-refractivity contribution in [1.82, 2.24) is 0 Å². The summed E-state index contributed by atoms with van der Waals surface area (Å²) in [6.45, 7) is 5.33. The van der Waals surface area contributed by atoms with Crippen LogP contribution >= 0.6 is 11.3 Å². The van der Waals surface area contributed by atoms with Crippen LogP contribution in [0.3, 0.4) is 0 Å². The number of carbonyl (C=O) groups excluding carboxylic acids is 1. The van der Waals surface area contributed by atoms with Gasteiger partial charge in [-0.25, -0.2) is 4.79 Å². The van der Waals surface area contributed by atoms with Crippen molar-refractivity contribution in [2.24, 2.45) is 0 Å². The minimum absolute atomic E-state index is 0.00599. The molecule has 3 aromatic rings. The smallest absolute Gasteiger partial charge is 0.333 e. The molecule has 0 saturated carbocycles. The van der Waals surface area contributed by atoms with Gasteiger partial charge in [0, 0.05) is 16.3 Å². The Labute approximate surface area is 174 Å². The maximum atomic E-state index is 12.7. The van der Waals surface area contributed by atoms with Crippen molar-refractivity contribution in [2.75, 3.05) is 6.79 Å². The van der Waals surface area contributed by atoms with Crippen LogP contribution in [0.15, 0.2) is 66.0 Å². The SMILES string of the molecule is C=CC(=O)OCOc1ccc2cc(-c3ccc(CCCCC)cc3)c(=O)sc2c1. The van der Waals surface area contributed by atoms with Crippen molar-refractivity contribution >= 4 is 27.4 Å². The van der Waals surface area contributed by atoms with Gasteiger partial charge in [0.25, 0.3) is 0 Å². The average molecular weight is 409 g/mol. The molecule has 0 aliphatic carbocycles. The van der Waals surface area contributed by atoms with E-state index < -0.39 is 5.97 Å². The lowest BCUT2D eigenvalue weighted by molar-refractivity contribution is -0.144. The van der Waals surface area contributed by atoms with Crippen LogP contribution in [-0.4, -0.2) is 12.8 Å². The Kier molecular flexibility index (Phi) is 7.19. The molecule has 0 fully saturated rings. The summed E-state index contributed by atoms with van der Waals surface area (Å²) in [6.07, 6.45) is 5.79. The van der Waals surface area contributed by atoms with Gasteiger partial charge >= 0.3 is 5.97 Å². The first-order valence-corrected chi connectivity index (χ1v) is 10.5. The van der Waals surface area contributed by atoms with E-state index in [2.05, 4.69) is 25.6 Å².